The Morgan fingerprint density at radius 3 is 2.50 bits per heavy atom. The maximum atomic E-state index is 12.7. The molecular weight excluding hydrogens is 280 g/mol. The maximum Gasteiger partial charge on any atom is 0.335 e. The summed E-state index contributed by atoms with van der Waals surface area (Å²) in [4.78, 5) is 23.8. The van der Waals surface area contributed by atoms with Gasteiger partial charge in [-0.1, -0.05) is 19.9 Å². The number of carbonyl (C=O) groups is 1. The lowest BCUT2D eigenvalue weighted by atomic mass is 9.97. The van der Waals surface area contributed by atoms with Crippen LogP contribution in [-0.2, 0) is 0 Å². The molecule has 0 bridgehead atoms. The van der Waals surface area contributed by atoms with Crippen LogP contribution in [0.25, 0.3) is 21.9 Å². The van der Waals surface area contributed by atoms with Gasteiger partial charge in [0.15, 0.2) is 0 Å². The van der Waals surface area contributed by atoms with E-state index in [-0.39, 0.29) is 11.0 Å². The molecule has 4 heteroatoms. The molecule has 22 heavy (non-hydrogen) atoms. The molecular formula is C18H16O4. The highest BCUT2D eigenvalue weighted by atomic mass is 16.4. The Balaban J connectivity index is 2.45. The highest BCUT2D eigenvalue weighted by molar-refractivity contribution is 5.96. The summed E-state index contributed by atoms with van der Waals surface area (Å²) in [5.74, 6) is -0.767. The van der Waals surface area contributed by atoms with Gasteiger partial charge in [0.1, 0.15) is 11.2 Å². The van der Waals surface area contributed by atoms with Crippen LogP contribution in [0, 0.1) is 6.92 Å². The van der Waals surface area contributed by atoms with Gasteiger partial charge in [0.2, 0.25) is 5.43 Å². The lowest BCUT2D eigenvalue weighted by Gasteiger charge is -2.10. The van der Waals surface area contributed by atoms with Crippen molar-refractivity contribution in [3.63, 3.8) is 0 Å². The predicted molar refractivity (Wildman–Crippen MR) is 85.8 cm³/mol. The quantitative estimate of drug-likeness (QED) is 0.724. The van der Waals surface area contributed by atoms with Gasteiger partial charge < -0.3 is 9.52 Å². The smallest absolute Gasteiger partial charge is 0.335 e. The second-order valence-electron chi connectivity index (χ2n) is 5.82. The molecule has 1 aromatic heterocycles. The van der Waals surface area contributed by atoms with Gasteiger partial charge in [0.25, 0.3) is 0 Å². The van der Waals surface area contributed by atoms with E-state index >= 15 is 0 Å². The lowest BCUT2D eigenvalue weighted by Crippen LogP contribution is -2.06. The van der Waals surface area contributed by atoms with Crippen LogP contribution in [0.4, 0.5) is 0 Å². The van der Waals surface area contributed by atoms with Crippen LogP contribution in [0.15, 0.2) is 39.5 Å². The second kappa shape index (κ2) is 4.98. The Morgan fingerprint density at radius 1 is 1.14 bits per heavy atom. The van der Waals surface area contributed by atoms with Gasteiger partial charge in [-0.3, -0.25) is 4.79 Å². The molecule has 0 aliphatic heterocycles. The van der Waals surface area contributed by atoms with Crippen molar-refractivity contribution in [2.75, 3.05) is 0 Å². The van der Waals surface area contributed by atoms with Crippen molar-refractivity contribution >= 4 is 27.9 Å². The van der Waals surface area contributed by atoms with E-state index in [0.29, 0.717) is 27.9 Å². The Morgan fingerprint density at radius 2 is 1.86 bits per heavy atom. The molecule has 0 fully saturated rings. The zero-order valence-electron chi connectivity index (χ0n) is 12.6. The van der Waals surface area contributed by atoms with Gasteiger partial charge in [0, 0.05) is 0 Å². The molecule has 0 saturated carbocycles. The summed E-state index contributed by atoms with van der Waals surface area (Å²) in [7, 11) is 0. The first-order chi connectivity index (χ1) is 10.4. The summed E-state index contributed by atoms with van der Waals surface area (Å²) in [5, 5.41) is 9.87. The predicted octanol–water partition coefficient (Wildman–Crippen LogP) is 4.08. The van der Waals surface area contributed by atoms with Crippen molar-refractivity contribution in [2.24, 2.45) is 0 Å². The van der Waals surface area contributed by atoms with Gasteiger partial charge in [-0.25, -0.2) is 4.79 Å². The topological polar surface area (TPSA) is 67.5 Å². The van der Waals surface area contributed by atoms with E-state index in [0.717, 1.165) is 11.1 Å². The fraction of sp³-hybridized carbons (Fsp3) is 0.222. The Hall–Kier alpha value is -2.62. The van der Waals surface area contributed by atoms with Crippen molar-refractivity contribution in [1.29, 1.82) is 0 Å². The Kier molecular flexibility index (Phi) is 3.24. The molecule has 0 atom stereocenters. The van der Waals surface area contributed by atoms with E-state index in [4.69, 9.17) is 9.52 Å². The molecule has 0 amide bonds. The summed E-state index contributed by atoms with van der Waals surface area (Å²) >= 11 is 0. The van der Waals surface area contributed by atoms with Crippen LogP contribution in [-0.4, -0.2) is 11.1 Å². The van der Waals surface area contributed by atoms with Crippen molar-refractivity contribution < 1.29 is 14.3 Å². The molecule has 0 aliphatic carbocycles. The normalized spacial score (nSPS) is 11.5. The van der Waals surface area contributed by atoms with Crippen molar-refractivity contribution in [2.45, 2.75) is 26.7 Å². The van der Waals surface area contributed by atoms with Crippen LogP contribution in [0.3, 0.4) is 0 Å². The van der Waals surface area contributed by atoms with Gasteiger partial charge in [0.05, 0.1) is 16.3 Å². The van der Waals surface area contributed by atoms with E-state index < -0.39 is 5.97 Å². The summed E-state index contributed by atoms with van der Waals surface area (Å²) in [6.45, 7) is 6.03. The highest BCUT2D eigenvalue weighted by Crippen LogP contribution is 2.26. The van der Waals surface area contributed by atoms with Crippen LogP contribution >= 0.6 is 0 Å². The van der Waals surface area contributed by atoms with E-state index in [2.05, 4.69) is 13.8 Å². The summed E-state index contributed by atoms with van der Waals surface area (Å²) in [6, 6.07) is 8.21. The van der Waals surface area contributed by atoms with E-state index in [1.165, 1.54) is 18.2 Å². The minimum atomic E-state index is -1.06. The number of aryl methyl sites for hydroxylation is 1. The zero-order valence-corrected chi connectivity index (χ0v) is 12.6. The molecule has 112 valence electrons. The first-order valence-electron chi connectivity index (χ1n) is 7.13. The monoisotopic (exact) mass is 296 g/mol. The van der Waals surface area contributed by atoms with Crippen LogP contribution in [0.1, 0.15) is 41.3 Å². The van der Waals surface area contributed by atoms with E-state index in [9.17, 15) is 9.59 Å². The number of hydrogen-bond acceptors (Lipinski definition) is 3. The largest absolute Gasteiger partial charge is 0.478 e. The highest BCUT2D eigenvalue weighted by Gasteiger charge is 2.14. The number of fused-ring (bicyclic) bond motifs is 2. The first kappa shape index (κ1) is 14.3. The third kappa shape index (κ3) is 2.17. The molecule has 1 N–H and O–H groups in total. The molecule has 0 saturated heterocycles. The molecule has 3 rings (SSSR count). The second-order valence-corrected chi connectivity index (χ2v) is 5.82. The van der Waals surface area contributed by atoms with Gasteiger partial charge in [-0.05, 0) is 48.2 Å². The molecule has 2 aromatic carbocycles. The number of carboxylic acids is 1. The molecule has 3 aromatic rings. The average molecular weight is 296 g/mol. The van der Waals surface area contributed by atoms with Crippen molar-refractivity contribution in [3.05, 3.63) is 57.2 Å². The van der Waals surface area contributed by atoms with Crippen LogP contribution < -0.4 is 5.43 Å². The summed E-state index contributed by atoms with van der Waals surface area (Å²) < 4.78 is 5.83. The summed E-state index contributed by atoms with van der Waals surface area (Å²) in [6.07, 6.45) is 0. The molecule has 0 aliphatic rings. The van der Waals surface area contributed by atoms with Crippen LogP contribution in [0.5, 0.6) is 0 Å². The number of hydrogen-bond donors (Lipinski definition) is 1. The molecule has 4 nitrogen and oxygen atoms in total. The number of carboxylic acid groups (broad SMARTS) is 1. The summed E-state index contributed by atoms with van der Waals surface area (Å²) in [5.41, 5.74) is 2.82. The average Bonchev–Trinajstić information content (AvgIpc) is 2.47. The maximum absolute atomic E-state index is 12.7. The van der Waals surface area contributed by atoms with Gasteiger partial charge in [-0.2, -0.15) is 0 Å². The van der Waals surface area contributed by atoms with E-state index in [1.807, 2.05) is 19.1 Å². The van der Waals surface area contributed by atoms with E-state index in [1.54, 1.807) is 0 Å². The SMILES string of the molecule is Cc1cc(C(C)C)cc2c(=O)c3cc(C(=O)O)ccc3oc12. The third-order valence-electron chi connectivity index (χ3n) is 3.89. The number of rotatable bonds is 2. The molecule has 0 radical (unpaired) electrons. The lowest BCUT2D eigenvalue weighted by molar-refractivity contribution is 0.0697. The minimum Gasteiger partial charge on any atom is -0.478 e. The molecule has 1 heterocycles. The first-order valence-corrected chi connectivity index (χ1v) is 7.13. The zero-order chi connectivity index (χ0) is 16.0. The van der Waals surface area contributed by atoms with Gasteiger partial charge in [-0.15, -0.1) is 0 Å². The van der Waals surface area contributed by atoms with Gasteiger partial charge >= 0.3 is 5.97 Å². The molecule has 0 unspecified atom stereocenters. The third-order valence-corrected chi connectivity index (χ3v) is 3.89. The number of aromatic carboxylic acids is 1. The Labute approximate surface area is 127 Å². The van der Waals surface area contributed by atoms with Crippen molar-refractivity contribution in [1.82, 2.24) is 0 Å². The fourth-order valence-electron chi connectivity index (χ4n) is 2.62. The Bertz CT molecular complexity index is 964. The van der Waals surface area contributed by atoms with Crippen molar-refractivity contribution in [3.8, 4) is 0 Å². The van der Waals surface area contributed by atoms with Crippen LogP contribution in [0.2, 0.25) is 0 Å². The molecule has 0 spiro atoms. The fourth-order valence-corrected chi connectivity index (χ4v) is 2.62. The minimum absolute atomic E-state index is 0.0795. The number of benzene rings is 2. The standard InChI is InChI=1S/C18H16O4/c1-9(2)12-6-10(3)17-14(8-12)16(19)13-7-11(18(20)21)4-5-15(13)22-17/h4-9H,1-3H3,(H,20,21).